The van der Waals surface area contributed by atoms with Crippen molar-refractivity contribution in [2.45, 2.75) is 37.6 Å². The van der Waals surface area contributed by atoms with Gasteiger partial charge in [-0.1, -0.05) is 0 Å². The predicted molar refractivity (Wildman–Crippen MR) is 47.1 cm³/mol. The van der Waals surface area contributed by atoms with Crippen LogP contribution < -0.4 is 0 Å². The molecule has 0 bridgehead atoms. The molecule has 14 heavy (non-hydrogen) atoms. The predicted octanol–water partition coefficient (Wildman–Crippen LogP) is 1.02. The lowest BCUT2D eigenvalue weighted by Gasteiger charge is -2.34. The van der Waals surface area contributed by atoms with E-state index in [0.717, 1.165) is 0 Å². The number of aliphatic hydroxyl groups excluding tert-OH is 1. The topological polar surface area (TPSA) is 40.5 Å². The number of halogens is 2. The summed E-state index contributed by atoms with van der Waals surface area (Å²) < 4.78 is 25.5. The summed E-state index contributed by atoms with van der Waals surface area (Å²) in [7, 11) is 1.55. The Labute approximate surface area is 81.7 Å². The Morgan fingerprint density at radius 3 is 2.43 bits per heavy atom. The van der Waals surface area contributed by atoms with Crippen molar-refractivity contribution < 1.29 is 18.7 Å². The van der Waals surface area contributed by atoms with Crippen LogP contribution in [0.1, 0.15) is 25.7 Å². The number of amides is 1. The van der Waals surface area contributed by atoms with E-state index in [-0.39, 0.29) is 18.9 Å². The summed E-state index contributed by atoms with van der Waals surface area (Å²) in [6, 6.07) is -0.144. The zero-order valence-corrected chi connectivity index (χ0v) is 8.17. The van der Waals surface area contributed by atoms with Crippen molar-refractivity contribution in [3.63, 3.8) is 0 Å². The number of aliphatic hydroxyl groups is 1. The maximum absolute atomic E-state index is 12.8. The number of nitrogens with zero attached hydrogens (tertiary/aromatic N) is 1. The van der Waals surface area contributed by atoms with Crippen molar-refractivity contribution >= 4 is 5.91 Å². The minimum absolute atomic E-state index is 0.144. The molecule has 1 saturated carbocycles. The van der Waals surface area contributed by atoms with Crippen LogP contribution in [0.4, 0.5) is 8.78 Å². The van der Waals surface area contributed by atoms with E-state index in [0.29, 0.717) is 12.8 Å². The Kier molecular flexibility index (Phi) is 3.42. The van der Waals surface area contributed by atoms with E-state index in [1.807, 2.05) is 0 Å². The van der Waals surface area contributed by atoms with Gasteiger partial charge in [0.25, 0.3) is 0 Å². The van der Waals surface area contributed by atoms with Crippen LogP contribution in [0.15, 0.2) is 0 Å². The average molecular weight is 207 g/mol. The fourth-order valence-corrected chi connectivity index (χ4v) is 1.73. The molecule has 0 aliphatic heterocycles. The van der Waals surface area contributed by atoms with Gasteiger partial charge in [0.2, 0.25) is 11.8 Å². The lowest BCUT2D eigenvalue weighted by Crippen LogP contribution is -2.42. The van der Waals surface area contributed by atoms with E-state index in [1.54, 1.807) is 7.05 Å². The molecule has 5 heteroatoms. The molecule has 1 rings (SSSR count). The molecule has 3 nitrogen and oxygen atoms in total. The van der Waals surface area contributed by atoms with Crippen molar-refractivity contribution in [2.75, 3.05) is 13.7 Å². The largest absolute Gasteiger partial charge is 0.387 e. The molecular formula is C9H15F2NO2. The van der Waals surface area contributed by atoms with E-state index in [9.17, 15) is 13.6 Å². The Morgan fingerprint density at radius 1 is 1.50 bits per heavy atom. The van der Waals surface area contributed by atoms with Crippen molar-refractivity contribution in [1.29, 1.82) is 0 Å². The summed E-state index contributed by atoms with van der Waals surface area (Å²) in [4.78, 5) is 12.4. The number of carbonyl (C=O) groups excluding carboxylic acids is 1. The molecule has 0 aromatic rings. The van der Waals surface area contributed by atoms with Crippen LogP contribution >= 0.6 is 0 Å². The summed E-state index contributed by atoms with van der Waals surface area (Å²) in [5.74, 6) is -2.97. The van der Waals surface area contributed by atoms with Gasteiger partial charge in [0.05, 0.1) is 0 Å². The first kappa shape index (κ1) is 11.4. The fourth-order valence-electron chi connectivity index (χ4n) is 1.73. The van der Waals surface area contributed by atoms with Crippen LogP contribution in [0, 0.1) is 0 Å². The third-order valence-electron chi connectivity index (χ3n) is 2.76. The van der Waals surface area contributed by atoms with Gasteiger partial charge in [-0.15, -0.1) is 0 Å². The molecule has 82 valence electrons. The summed E-state index contributed by atoms with van der Waals surface area (Å²) >= 11 is 0. The molecule has 1 fully saturated rings. The first-order valence-electron chi connectivity index (χ1n) is 4.70. The highest BCUT2D eigenvalue weighted by Crippen LogP contribution is 2.34. The lowest BCUT2D eigenvalue weighted by molar-refractivity contribution is -0.137. The summed E-state index contributed by atoms with van der Waals surface area (Å²) in [6.07, 6.45) is 0.298. The SMILES string of the molecule is CN(C(=O)CO)C1CCC(F)(F)CC1. The molecule has 1 amide bonds. The van der Waals surface area contributed by atoms with Gasteiger partial charge >= 0.3 is 0 Å². The zero-order valence-electron chi connectivity index (χ0n) is 8.17. The van der Waals surface area contributed by atoms with Gasteiger partial charge in [0, 0.05) is 25.9 Å². The molecule has 0 aromatic carbocycles. The molecule has 0 atom stereocenters. The number of hydrogen-bond donors (Lipinski definition) is 1. The van der Waals surface area contributed by atoms with Crippen molar-refractivity contribution in [3.8, 4) is 0 Å². The van der Waals surface area contributed by atoms with E-state index < -0.39 is 18.4 Å². The van der Waals surface area contributed by atoms with Gasteiger partial charge < -0.3 is 10.0 Å². The number of carbonyl (C=O) groups is 1. The summed E-state index contributed by atoms with van der Waals surface area (Å²) in [5.41, 5.74) is 0. The smallest absolute Gasteiger partial charge is 0.248 e. The molecular weight excluding hydrogens is 192 g/mol. The van der Waals surface area contributed by atoms with Crippen LogP contribution in [0.25, 0.3) is 0 Å². The van der Waals surface area contributed by atoms with Crippen molar-refractivity contribution in [3.05, 3.63) is 0 Å². The van der Waals surface area contributed by atoms with E-state index >= 15 is 0 Å². The van der Waals surface area contributed by atoms with Gasteiger partial charge in [0.15, 0.2) is 0 Å². The second-order valence-corrected chi connectivity index (χ2v) is 3.75. The third kappa shape index (κ3) is 2.64. The molecule has 0 unspecified atom stereocenters. The van der Waals surface area contributed by atoms with Crippen LogP contribution in [0.5, 0.6) is 0 Å². The van der Waals surface area contributed by atoms with Crippen LogP contribution in [-0.2, 0) is 4.79 Å². The minimum atomic E-state index is -2.57. The molecule has 0 aromatic heterocycles. The van der Waals surface area contributed by atoms with E-state index in [1.165, 1.54) is 4.90 Å². The number of alkyl halides is 2. The first-order valence-corrected chi connectivity index (χ1v) is 4.70. The van der Waals surface area contributed by atoms with Gasteiger partial charge in [-0.05, 0) is 12.8 Å². The second kappa shape index (κ2) is 4.21. The van der Waals surface area contributed by atoms with Crippen molar-refractivity contribution in [2.24, 2.45) is 0 Å². The van der Waals surface area contributed by atoms with E-state index in [2.05, 4.69) is 0 Å². The molecule has 0 saturated heterocycles. The molecule has 0 heterocycles. The van der Waals surface area contributed by atoms with Gasteiger partial charge in [0.1, 0.15) is 6.61 Å². The molecule has 0 radical (unpaired) electrons. The third-order valence-corrected chi connectivity index (χ3v) is 2.76. The normalized spacial score (nSPS) is 22.0. The fraction of sp³-hybridized carbons (Fsp3) is 0.889. The Bertz CT molecular complexity index is 211. The molecule has 0 spiro atoms. The zero-order chi connectivity index (χ0) is 10.8. The highest BCUT2D eigenvalue weighted by molar-refractivity contribution is 5.77. The van der Waals surface area contributed by atoms with E-state index in [4.69, 9.17) is 5.11 Å². The lowest BCUT2D eigenvalue weighted by atomic mass is 9.91. The van der Waals surface area contributed by atoms with Crippen molar-refractivity contribution in [1.82, 2.24) is 4.90 Å². The number of likely N-dealkylation sites (N-methyl/N-ethyl adjacent to an activating group) is 1. The highest BCUT2D eigenvalue weighted by Gasteiger charge is 2.36. The number of rotatable bonds is 2. The summed E-state index contributed by atoms with van der Waals surface area (Å²) in [6.45, 7) is -0.552. The van der Waals surface area contributed by atoms with Crippen LogP contribution in [0.3, 0.4) is 0 Å². The monoisotopic (exact) mass is 207 g/mol. The Balaban J connectivity index is 2.45. The first-order chi connectivity index (χ1) is 6.46. The van der Waals surface area contributed by atoms with Gasteiger partial charge in [-0.25, -0.2) is 8.78 Å². The minimum Gasteiger partial charge on any atom is -0.387 e. The maximum atomic E-state index is 12.8. The van der Waals surface area contributed by atoms with Crippen LogP contribution in [0.2, 0.25) is 0 Å². The van der Waals surface area contributed by atoms with Gasteiger partial charge in [-0.2, -0.15) is 0 Å². The summed E-state index contributed by atoms with van der Waals surface area (Å²) in [5, 5.41) is 8.60. The average Bonchev–Trinajstić information content (AvgIpc) is 2.15. The highest BCUT2D eigenvalue weighted by atomic mass is 19.3. The standard InChI is InChI=1S/C9H15F2NO2/c1-12(8(14)6-13)7-2-4-9(10,11)5-3-7/h7,13H,2-6H2,1H3. The molecule has 1 aliphatic rings. The van der Waals surface area contributed by atoms with Crippen LogP contribution in [-0.4, -0.2) is 41.5 Å². The Morgan fingerprint density at radius 2 is 2.00 bits per heavy atom. The Hall–Kier alpha value is -0.710. The quantitative estimate of drug-likeness (QED) is 0.734. The second-order valence-electron chi connectivity index (χ2n) is 3.75. The maximum Gasteiger partial charge on any atom is 0.248 e. The molecule has 1 N–H and O–H groups in total. The molecule has 1 aliphatic carbocycles. The van der Waals surface area contributed by atoms with Gasteiger partial charge in [-0.3, -0.25) is 4.79 Å². The number of hydrogen-bond acceptors (Lipinski definition) is 2.